The number of aromatic nitrogens is 3. The standard InChI is InChI=1S/C22H24N4O2S/c1-22(2)17(15-10-6-12-28-18(15)22)23-21(27)19-24-20(16-11-7-13-29-16)26(25-19)14-8-4-3-5-9-14/h3-5,7-9,11,13,15,17-18H,6,10,12H2,1-2H3,(H,23,27)/t15-,17+,18+/m0/s1. The number of carbonyl (C=O) groups is 1. The Balaban J connectivity index is 1.45. The van der Waals surface area contributed by atoms with Crippen molar-refractivity contribution in [1.82, 2.24) is 20.1 Å². The second kappa shape index (κ2) is 7.07. The highest BCUT2D eigenvalue weighted by molar-refractivity contribution is 7.13. The van der Waals surface area contributed by atoms with E-state index in [0.29, 0.717) is 11.7 Å². The number of benzene rings is 1. The highest BCUT2D eigenvalue weighted by atomic mass is 32.1. The molecule has 150 valence electrons. The van der Waals surface area contributed by atoms with E-state index in [0.717, 1.165) is 30.0 Å². The third kappa shape index (κ3) is 3.09. The predicted molar refractivity (Wildman–Crippen MR) is 112 cm³/mol. The van der Waals surface area contributed by atoms with Crippen LogP contribution in [0.1, 0.15) is 37.3 Å². The highest BCUT2D eigenvalue weighted by Gasteiger charge is 2.58. The molecule has 6 nitrogen and oxygen atoms in total. The van der Waals surface area contributed by atoms with Gasteiger partial charge in [-0.1, -0.05) is 38.1 Å². The maximum atomic E-state index is 13.1. The second-order valence-corrected chi connectivity index (χ2v) is 9.30. The van der Waals surface area contributed by atoms with Gasteiger partial charge in [-0.25, -0.2) is 9.67 Å². The van der Waals surface area contributed by atoms with Gasteiger partial charge in [-0.2, -0.15) is 0 Å². The summed E-state index contributed by atoms with van der Waals surface area (Å²) in [6.45, 7) is 5.15. The molecule has 1 N–H and O–H groups in total. The zero-order chi connectivity index (χ0) is 20.0. The summed E-state index contributed by atoms with van der Waals surface area (Å²) in [4.78, 5) is 18.7. The Morgan fingerprint density at radius 3 is 2.83 bits per heavy atom. The summed E-state index contributed by atoms with van der Waals surface area (Å²) < 4.78 is 7.70. The van der Waals surface area contributed by atoms with Crippen molar-refractivity contribution in [2.45, 2.75) is 38.8 Å². The number of hydrogen-bond acceptors (Lipinski definition) is 5. The summed E-state index contributed by atoms with van der Waals surface area (Å²) in [5.74, 6) is 1.03. The molecular weight excluding hydrogens is 384 g/mol. The van der Waals surface area contributed by atoms with Crippen LogP contribution in [0.5, 0.6) is 0 Å². The Labute approximate surface area is 173 Å². The van der Waals surface area contributed by atoms with Crippen molar-refractivity contribution in [3.8, 4) is 16.4 Å². The molecule has 3 atom stereocenters. The minimum absolute atomic E-state index is 0.0779. The Hall–Kier alpha value is -2.51. The second-order valence-electron chi connectivity index (χ2n) is 8.35. The topological polar surface area (TPSA) is 69.0 Å². The van der Waals surface area contributed by atoms with Gasteiger partial charge in [0.1, 0.15) is 0 Å². The minimum Gasteiger partial charge on any atom is -0.377 e. The van der Waals surface area contributed by atoms with E-state index in [4.69, 9.17) is 4.74 Å². The highest BCUT2D eigenvalue weighted by Crippen LogP contribution is 2.51. The number of thiophene rings is 1. The molecule has 1 aliphatic heterocycles. The third-order valence-electron chi connectivity index (χ3n) is 6.17. The number of para-hydroxylation sites is 1. The van der Waals surface area contributed by atoms with Gasteiger partial charge in [-0.15, -0.1) is 16.4 Å². The van der Waals surface area contributed by atoms with Gasteiger partial charge in [0.25, 0.3) is 5.91 Å². The maximum absolute atomic E-state index is 13.1. The van der Waals surface area contributed by atoms with E-state index in [-0.39, 0.29) is 29.3 Å². The third-order valence-corrected chi connectivity index (χ3v) is 7.04. The number of hydrogen-bond donors (Lipinski definition) is 1. The monoisotopic (exact) mass is 408 g/mol. The fraction of sp³-hybridized carbons (Fsp3) is 0.409. The number of fused-ring (bicyclic) bond motifs is 1. The lowest BCUT2D eigenvalue weighted by Crippen LogP contribution is -2.70. The molecule has 0 radical (unpaired) electrons. The molecule has 0 bridgehead atoms. The van der Waals surface area contributed by atoms with E-state index < -0.39 is 0 Å². The molecule has 2 aromatic heterocycles. The van der Waals surface area contributed by atoms with Crippen LogP contribution in [0, 0.1) is 11.3 Å². The summed E-state index contributed by atoms with van der Waals surface area (Å²) >= 11 is 1.58. The molecule has 2 aliphatic rings. The zero-order valence-electron chi connectivity index (χ0n) is 16.5. The van der Waals surface area contributed by atoms with Crippen molar-refractivity contribution in [2.24, 2.45) is 11.3 Å². The van der Waals surface area contributed by atoms with E-state index in [9.17, 15) is 4.79 Å². The Morgan fingerprint density at radius 2 is 2.07 bits per heavy atom. The molecule has 29 heavy (non-hydrogen) atoms. The smallest absolute Gasteiger partial charge is 0.291 e. The molecular formula is C22H24N4O2S. The number of rotatable bonds is 4. The first-order valence-electron chi connectivity index (χ1n) is 10.0. The molecule has 5 rings (SSSR count). The van der Waals surface area contributed by atoms with Gasteiger partial charge < -0.3 is 10.1 Å². The van der Waals surface area contributed by atoms with Crippen molar-refractivity contribution in [1.29, 1.82) is 0 Å². The molecule has 1 saturated carbocycles. The number of carbonyl (C=O) groups excluding carboxylic acids is 1. The van der Waals surface area contributed by atoms with E-state index >= 15 is 0 Å². The lowest BCUT2D eigenvalue weighted by Gasteiger charge is -2.59. The summed E-state index contributed by atoms with van der Waals surface area (Å²) in [7, 11) is 0. The Bertz CT molecular complexity index is 1010. The molecule has 1 saturated heterocycles. The van der Waals surface area contributed by atoms with Crippen molar-refractivity contribution >= 4 is 17.2 Å². The largest absolute Gasteiger partial charge is 0.377 e. The van der Waals surface area contributed by atoms with E-state index in [1.54, 1.807) is 16.0 Å². The first kappa shape index (κ1) is 18.5. The van der Waals surface area contributed by atoms with Crippen molar-refractivity contribution < 1.29 is 9.53 Å². The molecule has 1 aromatic carbocycles. The predicted octanol–water partition coefficient (Wildman–Crippen LogP) is 3.93. The molecule has 0 unspecified atom stereocenters. The minimum atomic E-state index is -0.223. The van der Waals surface area contributed by atoms with Crippen LogP contribution in [0.4, 0.5) is 0 Å². The number of nitrogens with one attached hydrogen (secondary N) is 1. The first-order chi connectivity index (χ1) is 14.1. The van der Waals surface area contributed by atoms with Gasteiger partial charge in [-0.05, 0) is 36.4 Å². The summed E-state index contributed by atoms with van der Waals surface area (Å²) in [5.41, 5.74) is 0.798. The normalized spacial score (nSPS) is 25.1. The fourth-order valence-electron chi connectivity index (χ4n) is 4.74. The van der Waals surface area contributed by atoms with Gasteiger partial charge in [0.2, 0.25) is 5.82 Å². The van der Waals surface area contributed by atoms with Gasteiger partial charge in [0.05, 0.1) is 16.7 Å². The molecule has 2 fully saturated rings. The van der Waals surface area contributed by atoms with Gasteiger partial charge >= 0.3 is 0 Å². The summed E-state index contributed by atoms with van der Waals surface area (Å²) in [6, 6.07) is 13.8. The van der Waals surface area contributed by atoms with E-state index in [1.165, 1.54) is 0 Å². The van der Waals surface area contributed by atoms with Crippen LogP contribution in [0.2, 0.25) is 0 Å². The number of ether oxygens (including phenoxy) is 1. The van der Waals surface area contributed by atoms with Gasteiger partial charge in [-0.3, -0.25) is 4.79 Å². The molecule has 3 heterocycles. The Morgan fingerprint density at radius 1 is 1.24 bits per heavy atom. The molecule has 1 aliphatic carbocycles. The molecule has 1 amide bonds. The molecule has 0 spiro atoms. The van der Waals surface area contributed by atoms with Crippen LogP contribution < -0.4 is 5.32 Å². The van der Waals surface area contributed by atoms with Crippen LogP contribution in [0.15, 0.2) is 47.8 Å². The lowest BCUT2D eigenvalue weighted by atomic mass is 9.55. The quantitative estimate of drug-likeness (QED) is 0.710. The molecule has 3 aromatic rings. The van der Waals surface area contributed by atoms with Gasteiger partial charge in [0, 0.05) is 24.0 Å². The molecule has 7 heteroatoms. The SMILES string of the molecule is CC1(C)[C@H](NC(=O)c2nc(-c3cccs3)n(-c3ccccc3)n2)[C@@H]2CCCO[C@H]21. The van der Waals surface area contributed by atoms with Crippen LogP contribution in [-0.4, -0.2) is 39.4 Å². The summed E-state index contributed by atoms with van der Waals surface area (Å²) in [6.07, 6.45) is 2.36. The number of amides is 1. The maximum Gasteiger partial charge on any atom is 0.291 e. The lowest BCUT2D eigenvalue weighted by molar-refractivity contribution is -0.189. The summed E-state index contributed by atoms with van der Waals surface area (Å²) in [5, 5.41) is 9.77. The average molecular weight is 409 g/mol. The van der Waals surface area contributed by atoms with Crippen molar-refractivity contribution in [3.63, 3.8) is 0 Å². The number of nitrogens with zero attached hydrogens (tertiary/aromatic N) is 3. The average Bonchev–Trinajstić information content (AvgIpc) is 3.42. The van der Waals surface area contributed by atoms with Crippen LogP contribution in [-0.2, 0) is 4.74 Å². The van der Waals surface area contributed by atoms with Crippen molar-refractivity contribution in [3.05, 3.63) is 53.7 Å². The fourth-order valence-corrected chi connectivity index (χ4v) is 5.44. The Kier molecular flexibility index (Phi) is 4.52. The van der Waals surface area contributed by atoms with Gasteiger partial charge in [0.15, 0.2) is 5.82 Å². The van der Waals surface area contributed by atoms with Crippen LogP contribution in [0.25, 0.3) is 16.4 Å². The zero-order valence-corrected chi connectivity index (χ0v) is 17.4. The van der Waals surface area contributed by atoms with Crippen LogP contribution >= 0.6 is 11.3 Å². The first-order valence-corrected chi connectivity index (χ1v) is 10.9. The van der Waals surface area contributed by atoms with E-state index in [1.807, 2.05) is 47.8 Å². The van der Waals surface area contributed by atoms with E-state index in [2.05, 4.69) is 29.2 Å². The van der Waals surface area contributed by atoms with Crippen LogP contribution in [0.3, 0.4) is 0 Å². The van der Waals surface area contributed by atoms with Crippen molar-refractivity contribution in [2.75, 3.05) is 6.61 Å².